The zero-order chi connectivity index (χ0) is 16.8. The number of hydrazine groups is 1. The maximum atomic E-state index is 11.5. The zero-order valence-electron chi connectivity index (χ0n) is 15.8. The monoisotopic (exact) mass is 300 g/mol. The van der Waals surface area contributed by atoms with Gasteiger partial charge in [0.2, 0.25) is 0 Å². The number of Topliss-reactive ketones (excluding diaryl/α,β-unsaturated/α-hetero) is 1. The van der Waals surface area contributed by atoms with Gasteiger partial charge >= 0.3 is 0 Å². The van der Waals surface area contributed by atoms with Crippen molar-refractivity contribution in [2.24, 2.45) is 17.8 Å². The highest BCUT2D eigenvalue weighted by atomic mass is 16.1. The molecule has 3 atom stereocenters. The Labute approximate surface area is 133 Å². The maximum Gasteiger partial charge on any atom is 0.148 e. The number of ketones is 1. The Bertz CT molecular complexity index is 233. The van der Waals surface area contributed by atoms with Gasteiger partial charge in [-0.1, -0.05) is 48.0 Å². The summed E-state index contributed by atoms with van der Waals surface area (Å²) in [5.74, 6) is 2.57. The molecule has 0 bridgehead atoms. The van der Waals surface area contributed by atoms with Crippen LogP contribution in [0.25, 0.3) is 0 Å². The van der Waals surface area contributed by atoms with Gasteiger partial charge in [0.1, 0.15) is 5.78 Å². The Morgan fingerprint density at radius 2 is 1.52 bits per heavy atom. The Kier molecular flexibility index (Phi) is 15.8. The van der Waals surface area contributed by atoms with Gasteiger partial charge in [-0.05, 0) is 57.4 Å². The molecule has 0 aromatic carbocycles. The minimum atomic E-state index is -0.0208. The average molecular weight is 301 g/mol. The van der Waals surface area contributed by atoms with E-state index in [0.717, 1.165) is 18.3 Å². The molecule has 2 N–H and O–H groups in total. The van der Waals surface area contributed by atoms with Crippen LogP contribution >= 0.6 is 0 Å². The molecular weight excluding hydrogens is 260 g/mol. The second-order valence-corrected chi connectivity index (χ2v) is 6.28. The third-order valence-corrected chi connectivity index (χ3v) is 3.65. The van der Waals surface area contributed by atoms with Crippen molar-refractivity contribution in [3.63, 3.8) is 0 Å². The summed E-state index contributed by atoms with van der Waals surface area (Å²) in [7, 11) is 1.82. The summed E-state index contributed by atoms with van der Waals surface area (Å²) < 4.78 is 0. The number of nitrogens with one attached hydrogen (secondary N) is 2. The quantitative estimate of drug-likeness (QED) is 0.731. The first-order chi connectivity index (χ1) is 9.94. The van der Waals surface area contributed by atoms with Gasteiger partial charge in [0.25, 0.3) is 0 Å². The second kappa shape index (κ2) is 14.5. The predicted octanol–water partition coefficient (Wildman–Crippen LogP) is 4.57. The van der Waals surface area contributed by atoms with Crippen molar-refractivity contribution in [1.82, 2.24) is 10.9 Å². The molecule has 0 aromatic heterocycles. The Morgan fingerprint density at radius 3 is 1.86 bits per heavy atom. The van der Waals surface area contributed by atoms with Crippen molar-refractivity contribution in [2.75, 3.05) is 7.05 Å². The lowest BCUT2D eigenvalue weighted by Gasteiger charge is -2.33. The van der Waals surface area contributed by atoms with Crippen LogP contribution in [0.3, 0.4) is 0 Å². The molecular formula is C18H40N2O. The van der Waals surface area contributed by atoms with Gasteiger partial charge in [0.05, 0.1) is 6.04 Å². The minimum absolute atomic E-state index is 0.0208. The van der Waals surface area contributed by atoms with Crippen molar-refractivity contribution < 1.29 is 4.79 Å². The lowest BCUT2D eigenvalue weighted by molar-refractivity contribution is -0.119. The molecule has 0 saturated heterocycles. The predicted molar refractivity (Wildman–Crippen MR) is 94.3 cm³/mol. The van der Waals surface area contributed by atoms with Crippen molar-refractivity contribution in [3.8, 4) is 0 Å². The summed E-state index contributed by atoms with van der Waals surface area (Å²) >= 11 is 0. The van der Waals surface area contributed by atoms with Crippen LogP contribution in [-0.2, 0) is 4.79 Å². The van der Waals surface area contributed by atoms with E-state index < -0.39 is 0 Å². The molecule has 0 aliphatic heterocycles. The van der Waals surface area contributed by atoms with E-state index in [1.807, 2.05) is 20.9 Å². The van der Waals surface area contributed by atoms with E-state index in [1.54, 1.807) is 6.92 Å². The molecule has 0 heterocycles. The summed E-state index contributed by atoms with van der Waals surface area (Å²) in [4.78, 5) is 11.5. The zero-order valence-corrected chi connectivity index (χ0v) is 15.8. The molecule has 3 heteroatoms. The second-order valence-electron chi connectivity index (χ2n) is 6.28. The van der Waals surface area contributed by atoms with Crippen LogP contribution < -0.4 is 10.9 Å². The van der Waals surface area contributed by atoms with Crippen LogP contribution in [0.1, 0.15) is 80.6 Å². The highest BCUT2D eigenvalue weighted by molar-refractivity contribution is 5.81. The highest BCUT2D eigenvalue weighted by Crippen LogP contribution is 2.35. The van der Waals surface area contributed by atoms with E-state index in [1.165, 1.54) is 25.7 Å². The molecule has 0 amide bonds. The normalized spacial score (nSPS) is 25.8. The third kappa shape index (κ3) is 11.9. The molecule has 1 rings (SSSR count). The van der Waals surface area contributed by atoms with Gasteiger partial charge in [0, 0.05) is 0 Å². The molecule has 3 nitrogen and oxygen atoms in total. The van der Waals surface area contributed by atoms with Gasteiger partial charge in [-0.25, -0.2) is 5.43 Å². The molecule has 1 aliphatic carbocycles. The molecule has 1 saturated carbocycles. The van der Waals surface area contributed by atoms with Crippen molar-refractivity contribution >= 4 is 5.78 Å². The molecule has 0 spiro atoms. The molecule has 1 fully saturated rings. The minimum Gasteiger partial charge on any atom is -0.298 e. The molecule has 0 radical (unpaired) electrons. The lowest BCUT2D eigenvalue weighted by atomic mass is 9.74. The van der Waals surface area contributed by atoms with E-state index in [2.05, 4.69) is 38.5 Å². The smallest absolute Gasteiger partial charge is 0.148 e. The van der Waals surface area contributed by atoms with Gasteiger partial charge in [0.15, 0.2) is 0 Å². The van der Waals surface area contributed by atoms with Gasteiger partial charge in [-0.15, -0.1) is 0 Å². The SMILES string of the molecule is CC.CCC.CNNC(CC1CC(C)CC(C)C1)C(C)=O. The summed E-state index contributed by atoms with van der Waals surface area (Å²) in [5, 5.41) is 0. The number of hydrogen-bond donors (Lipinski definition) is 2. The van der Waals surface area contributed by atoms with E-state index in [9.17, 15) is 4.79 Å². The van der Waals surface area contributed by atoms with Crippen molar-refractivity contribution in [3.05, 3.63) is 0 Å². The van der Waals surface area contributed by atoms with E-state index >= 15 is 0 Å². The van der Waals surface area contributed by atoms with Crippen LogP contribution in [0, 0.1) is 17.8 Å². The molecule has 128 valence electrons. The number of carbonyl (C=O) groups is 1. The van der Waals surface area contributed by atoms with Crippen molar-refractivity contribution in [1.29, 1.82) is 0 Å². The van der Waals surface area contributed by atoms with Gasteiger partial charge < -0.3 is 0 Å². The standard InChI is InChI=1S/C13H26N2O.C3H8.C2H6/c1-9-5-10(2)7-12(6-9)8-13(11(3)16)15-14-4;1-3-2;1-2/h9-10,12-15H,5-8H2,1-4H3;3H2,1-2H3;1-2H3. The first-order valence-electron chi connectivity index (χ1n) is 8.87. The fourth-order valence-electron chi connectivity index (χ4n) is 3.14. The van der Waals surface area contributed by atoms with E-state index in [-0.39, 0.29) is 11.8 Å². The first-order valence-corrected chi connectivity index (χ1v) is 8.87. The topological polar surface area (TPSA) is 41.1 Å². The number of hydrogen-bond acceptors (Lipinski definition) is 3. The fraction of sp³-hybridized carbons (Fsp3) is 0.944. The lowest BCUT2D eigenvalue weighted by Crippen LogP contribution is -2.44. The van der Waals surface area contributed by atoms with E-state index in [0.29, 0.717) is 5.92 Å². The number of rotatable bonds is 5. The Hall–Kier alpha value is -0.410. The van der Waals surface area contributed by atoms with Crippen LogP contribution in [0.5, 0.6) is 0 Å². The third-order valence-electron chi connectivity index (χ3n) is 3.65. The summed E-state index contributed by atoms with van der Waals surface area (Å²) in [6.45, 7) is 14.6. The average Bonchev–Trinajstić information content (AvgIpc) is 2.40. The summed E-state index contributed by atoms with van der Waals surface area (Å²) in [5.41, 5.74) is 5.95. The molecule has 1 aliphatic rings. The highest BCUT2D eigenvalue weighted by Gasteiger charge is 2.27. The van der Waals surface area contributed by atoms with Crippen LogP contribution in [0.15, 0.2) is 0 Å². The van der Waals surface area contributed by atoms with Gasteiger partial charge in [-0.3, -0.25) is 10.2 Å². The van der Waals surface area contributed by atoms with Crippen LogP contribution in [0.2, 0.25) is 0 Å². The molecule has 3 unspecified atom stereocenters. The largest absolute Gasteiger partial charge is 0.298 e. The van der Waals surface area contributed by atoms with Crippen molar-refractivity contribution in [2.45, 2.75) is 86.6 Å². The molecule has 0 aromatic rings. The fourth-order valence-corrected chi connectivity index (χ4v) is 3.14. The number of carbonyl (C=O) groups excluding carboxylic acids is 1. The van der Waals surface area contributed by atoms with Crippen LogP contribution in [-0.4, -0.2) is 18.9 Å². The Balaban J connectivity index is 0. The summed E-state index contributed by atoms with van der Waals surface area (Å²) in [6.07, 6.45) is 6.13. The van der Waals surface area contributed by atoms with E-state index in [4.69, 9.17) is 0 Å². The first kappa shape index (κ1) is 22.9. The molecule has 21 heavy (non-hydrogen) atoms. The van der Waals surface area contributed by atoms with Gasteiger partial charge in [-0.2, -0.15) is 0 Å². The van der Waals surface area contributed by atoms with Crippen LogP contribution in [0.4, 0.5) is 0 Å². The maximum absolute atomic E-state index is 11.5. The summed E-state index contributed by atoms with van der Waals surface area (Å²) in [6, 6.07) is -0.0208. The Morgan fingerprint density at radius 1 is 1.10 bits per heavy atom.